The predicted molar refractivity (Wildman–Crippen MR) is 95.6 cm³/mol. The van der Waals surface area contributed by atoms with Gasteiger partial charge in [0.15, 0.2) is 0 Å². The van der Waals surface area contributed by atoms with E-state index >= 15 is 0 Å². The highest BCUT2D eigenvalue weighted by molar-refractivity contribution is 5.57. The van der Waals surface area contributed by atoms with E-state index in [0.717, 1.165) is 62.9 Å². The number of hydrogen-bond donors (Lipinski definition) is 0. The Labute approximate surface area is 151 Å². The van der Waals surface area contributed by atoms with E-state index in [0.29, 0.717) is 11.5 Å². The van der Waals surface area contributed by atoms with Crippen LogP contribution in [0.25, 0.3) is 0 Å². The van der Waals surface area contributed by atoms with Gasteiger partial charge in [-0.25, -0.2) is 0 Å². The van der Waals surface area contributed by atoms with Gasteiger partial charge in [-0.1, -0.05) is 25.7 Å². The highest BCUT2D eigenvalue weighted by Crippen LogP contribution is 2.42. The van der Waals surface area contributed by atoms with Crippen LogP contribution in [0.5, 0.6) is 0 Å². The lowest BCUT2D eigenvalue weighted by Gasteiger charge is -2.30. The lowest BCUT2D eigenvalue weighted by Crippen LogP contribution is -2.26. The minimum absolute atomic E-state index is 0.165. The second kappa shape index (κ2) is 8.22. The Hall–Kier alpha value is -2.25. The zero-order chi connectivity index (χ0) is 17.6. The number of likely N-dealkylation sites (tertiary alicyclic amines) is 1. The number of hydrogen-bond acceptors (Lipinski definition) is 4. The first-order valence-corrected chi connectivity index (χ1v) is 9.74. The molecule has 3 aliphatic rings. The summed E-state index contributed by atoms with van der Waals surface area (Å²) in [4.78, 5) is 2.38. The third kappa shape index (κ3) is 3.57. The Balaban J connectivity index is 2.15. The van der Waals surface area contributed by atoms with E-state index in [2.05, 4.69) is 23.1 Å². The molecule has 0 N–H and O–H groups in total. The molecule has 0 atom stereocenters. The van der Waals surface area contributed by atoms with Crippen LogP contribution in [0.2, 0.25) is 0 Å². The fourth-order valence-corrected chi connectivity index (χ4v) is 4.93. The third-order valence-corrected chi connectivity index (χ3v) is 6.08. The lowest BCUT2D eigenvalue weighted by atomic mass is 9.84. The van der Waals surface area contributed by atoms with Crippen molar-refractivity contribution in [2.24, 2.45) is 11.8 Å². The molecule has 0 radical (unpaired) electrons. The highest BCUT2D eigenvalue weighted by Gasteiger charge is 2.33. The summed E-state index contributed by atoms with van der Waals surface area (Å²) in [5.41, 5.74) is 2.75. The molecule has 0 aromatic rings. The summed E-state index contributed by atoms with van der Waals surface area (Å²) in [6, 6.07) is 6.65. The maximum atomic E-state index is 10.1. The molecular formula is C21H26N4. The van der Waals surface area contributed by atoms with Crippen molar-refractivity contribution in [3.63, 3.8) is 0 Å². The van der Waals surface area contributed by atoms with E-state index in [1.807, 2.05) is 0 Å². The van der Waals surface area contributed by atoms with Crippen molar-refractivity contribution in [2.45, 2.75) is 64.2 Å². The Morgan fingerprint density at radius 1 is 0.680 bits per heavy atom. The Bertz CT molecular complexity index is 643. The first-order valence-electron chi connectivity index (χ1n) is 9.74. The van der Waals surface area contributed by atoms with Gasteiger partial charge in [0.1, 0.15) is 23.8 Å². The molecule has 25 heavy (non-hydrogen) atoms. The average molecular weight is 334 g/mol. The maximum absolute atomic E-state index is 10.1. The van der Waals surface area contributed by atoms with Crippen molar-refractivity contribution in [1.29, 1.82) is 15.8 Å². The van der Waals surface area contributed by atoms with Crippen LogP contribution in [0, 0.1) is 45.8 Å². The summed E-state index contributed by atoms with van der Waals surface area (Å²) in [5, 5.41) is 29.2. The van der Waals surface area contributed by atoms with Crippen LogP contribution >= 0.6 is 0 Å². The minimum Gasteiger partial charge on any atom is -0.374 e. The fourth-order valence-electron chi connectivity index (χ4n) is 4.93. The average Bonchev–Trinajstić information content (AvgIpc) is 3.41. The van der Waals surface area contributed by atoms with E-state index in [9.17, 15) is 15.8 Å². The summed E-state index contributed by atoms with van der Waals surface area (Å²) in [6.07, 6.45) is 11.3. The van der Waals surface area contributed by atoms with Gasteiger partial charge in [-0.3, -0.25) is 0 Å². The van der Waals surface area contributed by atoms with Crippen molar-refractivity contribution in [2.75, 3.05) is 13.1 Å². The second-order valence-electron chi connectivity index (χ2n) is 7.54. The monoisotopic (exact) mass is 334 g/mol. The Morgan fingerprint density at radius 2 is 1.20 bits per heavy atom. The van der Waals surface area contributed by atoms with Crippen molar-refractivity contribution in [3.8, 4) is 18.2 Å². The van der Waals surface area contributed by atoms with E-state index < -0.39 is 0 Å². The Kier molecular flexibility index (Phi) is 5.78. The molecule has 0 spiro atoms. The standard InChI is InChI=1S/C21H26N4/c22-13-18(14-23)20(16-7-1-2-8-16)19(15-24)21(17-9-3-4-10-17)25-11-5-6-12-25/h16-17H,1-12H2/b21-19+. The smallest absolute Gasteiger partial charge is 0.134 e. The molecule has 1 aliphatic heterocycles. The van der Waals surface area contributed by atoms with Gasteiger partial charge in [-0.05, 0) is 44.4 Å². The normalized spacial score (nSPS) is 22.2. The summed E-state index contributed by atoms with van der Waals surface area (Å²) in [6.45, 7) is 2.01. The quantitative estimate of drug-likeness (QED) is 0.557. The first-order chi connectivity index (χ1) is 12.3. The van der Waals surface area contributed by atoms with Crippen molar-refractivity contribution < 1.29 is 0 Å². The molecule has 3 fully saturated rings. The third-order valence-electron chi connectivity index (χ3n) is 6.08. The summed E-state index contributed by atoms with van der Waals surface area (Å²) >= 11 is 0. The van der Waals surface area contributed by atoms with Crippen molar-refractivity contribution in [3.05, 3.63) is 22.4 Å². The van der Waals surface area contributed by atoms with Gasteiger partial charge >= 0.3 is 0 Å². The summed E-state index contributed by atoms with van der Waals surface area (Å²) in [5.74, 6) is 0.616. The molecule has 0 aromatic carbocycles. The molecule has 1 saturated heterocycles. The fraction of sp³-hybridized carbons (Fsp3) is 0.667. The first kappa shape index (κ1) is 17.6. The Morgan fingerprint density at radius 3 is 1.68 bits per heavy atom. The van der Waals surface area contributed by atoms with Gasteiger partial charge in [0, 0.05) is 30.3 Å². The van der Waals surface area contributed by atoms with E-state index in [4.69, 9.17) is 0 Å². The van der Waals surface area contributed by atoms with Crippen LogP contribution in [0.15, 0.2) is 22.4 Å². The number of allylic oxidation sites excluding steroid dienone is 4. The van der Waals surface area contributed by atoms with Gasteiger partial charge in [-0.2, -0.15) is 15.8 Å². The summed E-state index contributed by atoms with van der Waals surface area (Å²) < 4.78 is 0. The zero-order valence-corrected chi connectivity index (χ0v) is 14.9. The second-order valence-corrected chi connectivity index (χ2v) is 7.54. The van der Waals surface area contributed by atoms with Crippen LogP contribution in [0.4, 0.5) is 0 Å². The number of nitrogens with zero attached hydrogens (tertiary/aromatic N) is 4. The molecule has 130 valence electrons. The predicted octanol–water partition coefficient (Wildman–Crippen LogP) is 4.58. The SMILES string of the molecule is N#CC(C#N)=C(/C(C#N)=C(\C1CCCC1)N1CCCC1)C1CCCC1. The zero-order valence-electron chi connectivity index (χ0n) is 14.9. The largest absolute Gasteiger partial charge is 0.374 e. The molecule has 1 heterocycles. The van der Waals surface area contributed by atoms with Crippen molar-refractivity contribution >= 4 is 0 Å². The molecule has 3 rings (SSSR count). The topological polar surface area (TPSA) is 74.6 Å². The molecule has 0 amide bonds. The van der Waals surface area contributed by atoms with Crippen LogP contribution in [-0.2, 0) is 0 Å². The van der Waals surface area contributed by atoms with Gasteiger partial charge < -0.3 is 4.90 Å². The van der Waals surface area contributed by atoms with Gasteiger partial charge in [0.05, 0.1) is 5.57 Å². The molecule has 0 aromatic heterocycles. The number of nitriles is 3. The molecular weight excluding hydrogens is 308 g/mol. The molecule has 4 nitrogen and oxygen atoms in total. The van der Waals surface area contributed by atoms with E-state index in [-0.39, 0.29) is 11.5 Å². The molecule has 0 unspecified atom stereocenters. The van der Waals surface area contributed by atoms with Crippen LogP contribution < -0.4 is 0 Å². The molecule has 2 saturated carbocycles. The van der Waals surface area contributed by atoms with Crippen LogP contribution in [-0.4, -0.2) is 18.0 Å². The minimum atomic E-state index is 0.165. The maximum Gasteiger partial charge on any atom is 0.134 e. The number of rotatable bonds is 4. The van der Waals surface area contributed by atoms with E-state index in [1.54, 1.807) is 0 Å². The van der Waals surface area contributed by atoms with Gasteiger partial charge in [0.2, 0.25) is 0 Å². The molecule has 4 heteroatoms. The highest BCUT2D eigenvalue weighted by atomic mass is 15.2. The molecule has 0 bridgehead atoms. The molecule has 2 aliphatic carbocycles. The van der Waals surface area contributed by atoms with Gasteiger partial charge in [0.25, 0.3) is 0 Å². The van der Waals surface area contributed by atoms with Gasteiger partial charge in [-0.15, -0.1) is 0 Å². The van der Waals surface area contributed by atoms with Crippen LogP contribution in [0.3, 0.4) is 0 Å². The van der Waals surface area contributed by atoms with Crippen LogP contribution in [0.1, 0.15) is 64.2 Å². The summed E-state index contributed by atoms with van der Waals surface area (Å²) in [7, 11) is 0. The van der Waals surface area contributed by atoms with Crippen molar-refractivity contribution in [1.82, 2.24) is 4.90 Å². The van der Waals surface area contributed by atoms with E-state index in [1.165, 1.54) is 25.7 Å². The lowest BCUT2D eigenvalue weighted by molar-refractivity contribution is 0.358.